The molecular weight excluding hydrogens is 364 g/mol. The summed E-state index contributed by atoms with van der Waals surface area (Å²) in [5.41, 5.74) is 8.49. The number of pyridine rings is 1. The second-order valence-corrected chi connectivity index (χ2v) is 6.54. The summed E-state index contributed by atoms with van der Waals surface area (Å²) in [6, 6.07) is 16.3. The van der Waals surface area contributed by atoms with Crippen LogP contribution in [0.3, 0.4) is 0 Å². The molecule has 1 aromatic heterocycles. The lowest BCUT2D eigenvalue weighted by molar-refractivity contribution is 1.27. The Bertz CT molecular complexity index is 829. The second-order valence-electron chi connectivity index (χ2n) is 6.54. The Morgan fingerprint density at radius 3 is 1.70 bits per heavy atom. The quantitative estimate of drug-likeness (QED) is 0.479. The topological polar surface area (TPSA) is 24.9 Å². The molecule has 1 heterocycles. The normalized spacial score (nSPS) is 8.77. The van der Waals surface area contributed by atoms with Crippen molar-refractivity contribution in [3.63, 3.8) is 0 Å². The van der Waals surface area contributed by atoms with Crippen LogP contribution in [0, 0.1) is 27.7 Å². The number of rotatable bonds is 3. The molecular formula is C28H38N2. The largest absolute Gasteiger partial charge is 0.388 e. The lowest BCUT2D eigenvalue weighted by atomic mass is 9.95. The molecule has 0 aliphatic carbocycles. The van der Waals surface area contributed by atoms with E-state index in [0.717, 1.165) is 11.3 Å². The van der Waals surface area contributed by atoms with Crippen LogP contribution in [0.2, 0.25) is 0 Å². The van der Waals surface area contributed by atoms with E-state index in [1.54, 1.807) is 6.20 Å². The monoisotopic (exact) mass is 402 g/mol. The summed E-state index contributed by atoms with van der Waals surface area (Å²) < 4.78 is 0. The Kier molecular flexibility index (Phi) is 14.1. The van der Waals surface area contributed by atoms with Crippen molar-refractivity contribution in [2.24, 2.45) is 0 Å². The Morgan fingerprint density at radius 2 is 1.37 bits per heavy atom. The second kappa shape index (κ2) is 15.8. The van der Waals surface area contributed by atoms with Crippen LogP contribution >= 0.6 is 0 Å². The third-order valence-electron chi connectivity index (χ3n) is 4.36. The van der Waals surface area contributed by atoms with E-state index in [0.29, 0.717) is 0 Å². The maximum atomic E-state index is 3.88. The molecule has 0 bridgehead atoms. The molecule has 2 heteroatoms. The third kappa shape index (κ3) is 9.38. The summed E-state index contributed by atoms with van der Waals surface area (Å²) in [6.07, 6.45) is 7.36. The van der Waals surface area contributed by atoms with Crippen molar-refractivity contribution in [1.82, 2.24) is 4.98 Å². The standard InChI is InChI=1S/C13H17N.C7H8.C6H7N.C2H6/c1-6-11-10(4)9(3)8-13(14-5)12(11)7-2;1-7-5-3-2-4-6-7;1-6-3-2-4-7-5-6;1-2/h6-8,14H,1-2H2,3-5H3;2-6H,1H3;2-5H,1H3;1-2H3. The highest BCUT2D eigenvalue weighted by atomic mass is 14.8. The molecule has 0 unspecified atom stereocenters. The predicted octanol–water partition coefficient (Wildman–Crippen LogP) is 8.04. The van der Waals surface area contributed by atoms with E-state index in [1.807, 2.05) is 76.5 Å². The highest BCUT2D eigenvalue weighted by Gasteiger charge is 2.07. The zero-order chi connectivity index (χ0) is 22.9. The maximum Gasteiger partial charge on any atom is 0.0419 e. The maximum absolute atomic E-state index is 3.88. The summed E-state index contributed by atoms with van der Waals surface area (Å²) in [5.74, 6) is 0. The van der Waals surface area contributed by atoms with E-state index in [9.17, 15) is 0 Å². The molecule has 2 aromatic carbocycles. The highest BCUT2D eigenvalue weighted by Crippen LogP contribution is 2.28. The van der Waals surface area contributed by atoms with E-state index < -0.39 is 0 Å². The van der Waals surface area contributed by atoms with Gasteiger partial charge in [0.25, 0.3) is 0 Å². The molecule has 1 N–H and O–H groups in total. The fraction of sp³-hybridized carbons (Fsp3) is 0.250. The number of hydrogen-bond donors (Lipinski definition) is 1. The third-order valence-corrected chi connectivity index (χ3v) is 4.36. The first kappa shape index (κ1) is 26.9. The molecule has 0 saturated carbocycles. The minimum Gasteiger partial charge on any atom is -0.388 e. The first-order valence-corrected chi connectivity index (χ1v) is 10.4. The van der Waals surface area contributed by atoms with Crippen LogP contribution in [0.15, 0.2) is 74.1 Å². The molecule has 160 valence electrons. The van der Waals surface area contributed by atoms with Gasteiger partial charge in [-0.2, -0.15) is 0 Å². The van der Waals surface area contributed by atoms with Gasteiger partial charge in [0.15, 0.2) is 0 Å². The van der Waals surface area contributed by atoms with E-state index >= 15 is 0 Å². The van der Waals surface area contributed by atoms with Crippen molar-refractivity contribution in [2.45, 2.75) is 41.5 Å². The Hall–Kier alpha value is -3.13. The number of anilines is 1. The fourth-order valence-corrected chi connectivity index (χ4v) is 2.63. The van der Waals surface area contributed by atoms with Gasteiger partial charge in [-0.15, -0.1) is 0 Å². The minimum atomic E-state index is 1.11. The Labute approximate surface area is 184 Å². The number of aromatic nitrogens is 1. The van der Waals surface area contributed by atoms with Gasteiger partial charge in [0.1, 0.15) is 0 Å². The number of hydrogen-bond acceptors (Lipinski definition) is 2. The average Bonchev–Trinajstić information content (AvgIpc) is 2.78. The lowest BCUT2D eigenvalue weighted by Gasteiger charge is -2.14. The van der Waals surface area contributed by atoms with Gasteiger partial charge in [0.2, 0.25) is 0 Å². The van der Waals surface area contributed by atoms with Crippen LogP contribution in [-0.4, -0.2) is 12.0 Å². The first-order chi connectivity index (χ1) is 14.4. The zero-order valence-electron chi connectivity index (χ0n) is 19.8. The van der Waals surface area contributed by atoms with Gasteiger partial charge in [0, 0.05) is 30.7 Å². The Balaban J connectivity index is 0.000000441. The lowest BCUT2D eigenvalue weighted by Crippen LogP contribution is -1.98. The van der Waals surface area contributed by atoms with Crippen molar-refractivity contribution in [3.05, 3.63) is 107 Å². The summed E-state index contributed by atoms with van der Waals surface area (Å²) >= 11 is 0. The molecule has 30 heavy (non-hydrogen) atoms. The molecule has 3 aromatic rings. The number of benzene rings is 2. The molecule has 0 amide bonds. The molecule has 0 aliphatic heterocycles. The van der Waals surface area contributed by atoms with Gasteiger partial charge in [-0.1, -0.05) is 81.1 Å². The van der Waals surface area contributed by atoms with Gasteiger partial charge in [0.05, 0.1) is 0 Å². The van der Waals surface area contributed by atoms with Gasteiger partial charge in [-0.3, -0.25) is 4.98 Å². The first-order valence-electron chi connectivity index (χ1n) is 10.4. The smallest absolute Gasteiger partial charge is 0.0419 e. The number of nitrogens with zero attached hydrogens (tertiary/aromatic N) is 1. The van der Waals surface area contributed by atoms with E-state index in [2.05, 4.69) is 62.4 Å². The molecule has 0 radical (unpaired) electrons. The van der Waals surface area contributed by atoms with Crippen LogP contribution in [0.1, 0.15) is 47.2 Å². The predicted molar refractivity (Wildman–Crippen MR) is 137 cm³/mol. The zero-order valence-corrected chi connectivity index (χ0v) is 19.8. The van der Waals surface area contributed by atoms with Crippen LogP contribution < -0.4 is 5.32 Å². The van der Waals surface area contributed by atoms with E-state index in [1.165, 1.54) is 27.8 Å². The molecule has 2 nitrogen and oxygen atoms in total. The van der Waals surface area contributed by atoms with Crippen LogP contribution in [0.5, 0.6) is 0 Å². The molecule has 0 fully saturated rings. The molecule has 0 atom stereocenters. The van der Waals surface area contributed by atoms with Crippen molar-refractivity contribution in [1.29, 1.82) is 0 Å². The van der Waals surface area contributed by atoms with Crippen molar-refractivity contribution in [2.75, 3.05) is 12.4 Å². The summed E-state index contributed by atoms with van der Waals surface area (Å²) in [7, 11) is 1.92. The van der Waals surface area contributed by atoms with Gasteiger partial charge >= 0.3 is 0 Å². The molecule has 0 aliphatic rings. The highest BCUT2D eigenvalue weighted by molar-refractivity contribution is 5.77. The Morgan fingerprint density at radius 1 is 0.800 bits per heavy atom. The van der Waals surface area contributed by atoms with Gasteiger partial charge in [-0.25, -0.2) is 0 Å². The van der Waals surface area contributed by atoms with E-state index in [-0.39, 0.29) is 0 Å². The minimum absolute atomic E-state index is 1.11. The van der Waals surface area contributed by atoms with Crippen LogP contribution in [0.25, 0.3) is 12.2 Å². The fourth-order valence-electron chi connectivity index (χ4n) is 2.63. The van der Waals surface area contributed by atoms with E-state index in [4.69, 9.17) is 0 Å². The molecule has 3 rings (SSSR count). The SMILES string of the molecule is C=Cc1c(NC)cc(C)c(C)c1C=C.CC.Cc1ccccc1.Cc1cccnc1. The number of aryl methyl sites for hydroxylation is 3. The van der Waals surface area contributed by atoms with Crippen molar-refractivity contribution >= 4 is 17.8 Å². The molecule has 0 spiro atoms. The number of nitrogens with one attached hydrogen (secondary N) is 1. The average molecular weight is 403 g/mol. The summed E-state index contributed by atoms with van der Waals surface area (Å²) in [6.45, 7) is 20.0. The van der Waals surface area contributed by atoms with Crippen molar-refractivity contribution < 1.29 is 0 Å². The van der Waals surface area contributed by atoms with Crippen LogP contribution in [-0.2, 0) is 0 Å². The summed E-state index contributed by atoms with van der Waals surface area (Å²) in [5, 5.41) is 3.17. The molecule has 0 saturated heterocycles. The summed E-state index contributed by atoms with van der Waals surface area (Å²) in [4.78, 5) is 3.88. The van der Waals surface area contributed by atoms with Crippen molar-refractivity contribution in [3.8, 4) is 0 Å². The van der Waals surface area contributed by atoms with Gasteiger partial charge in [-0.05, 0) is 62.1 Å². The van der Waals surface area contributed by atoms with Gasteiger partial charge < -0.3 is 5.32 Å². The van der Waals surface area contributed by atoms with Crippen LogP contribution in [0.4, 0.5) is 5.69 Å².